The van der Waals surface area contributed by atoms with Crippen LogP contribution in [0.2, 0.25) is 0 Å². The van der Waals surface area contributed by atoms with E-state index in [0.717, 1.165) is 17.1 Å². The van der Waals surface area contributed by atoms with Gasteiger partial charge in [-0.25, -0.2) is 0 Å². The average molecular weight is 270 g/mol. The Morgan fingerprint density at radius 1 is 1.05 bits per heavy atom. The summed E-state index contributed by atoms with van der Waals surface area (Å²) in [4.78, 5) is 12.2. The highest BCUT2D eigenvalue weighted by atomic mass is 16.5. The summed E-state index contributed by atoms with van der Waals surface area (Å²) in [5, 5.41) is 0. The van der Waals surface area contributed by atoms with Crippen LogP contribution in [0.15, 0.2) is 48.5 Å². The molecular weight excluding hydrogens is 252 g/mol. The monoisotopic (exact) mass is 270 g/mol. The highest BCUT2D eigenvalue weighted by Crippen LogP contribution is 2.17. The first-order valence-electron chi connectivity index (χ1n) is 6.62. The van der Waals surface area contributed by atoms with Crippen LogP contribution in [0.25, 0.3) is 0 Å². The van der Waals surface area contributed by atoms with E-state index in [-0.39, 0.29) is 5.78 Å². The molecule has 0 aromatic heterocycles. The molecule has 2 aromatic carbocycles. The van der Waals surface area contributed by atoms with E-state index < -0.39 is 0 Å². The molecule has 0 saturated carbocycles. The van der Waals surface area contributed by atoms with Crippen molar-refractivity contribution in [1.29, 1.82) is 0 Å². The van der Waals surface area contributed by atoms with E-state index >= 15 is 0 Å². The highest BCUT2D eigenvalue weighted by molar-refractivity contribution is 5.97. The molecule has 20 heavy (non-hydrogen) atoms. The Morgan fingerprint density at radius 2 is 1.80 bits per heavy atom. The Labute approximate surface area is 119 Å². The van der Waals surface area contributed by atoms with Gasteiger partial charge in [-0.05, 0) is 48.9 Å². The van der Waals surface area contributed by atoms with Crippen LogP contribution in [-0.4, -0.2) is 19.5 Å². The van der Waals surface area contributed by atoms with Crippen LogP contribution in [0.5, 0.6) is 11.5 Å². The normalized spacial score (nSPS) is 10.1. The van der Waals surface area contributed by atoms with E-state index in [1.165, 1.54) is 0 Å². The zero-order valence-corrected chi connectivity index (χ0v) is 11.8. The van der Waals surface area contributed by atoms with E-state index in [1.807, 2.05) is 43.3 Å². The molecule has 0 heterocycles. The quantitative estimate of drug-likeness (QED) is 0.753. The summed E-state index contributed by atoms with van der Waals surface area (Å²) in [6.45, 7) is 2.55. The second-order valence-electron chi connectivity index (χ2n) is 4.41. The topological polar surface area (TPSA) is 35.5 Å². The fourth-order valence-corrected chi connectivity index (χ4v) is 1.97. The lowest BCUT2D eigenvalue weighted by Gasteiger charge is -2.06. The van der Waals surface area contributed by atoms with Gasteiger partial charge in [-0.2, -0.15) is 0 Å². The molecule has 0 bridgehead atoms. The summed E-state index contributed by atoms with van der Waals surface area (Å²) in [6, 6.07) is 14.8. The number of ether oxygens (including phenoxy) is 2. The summed E-state index contributed by atoms with van der Waals surface area (Å²) in [7, 11) is 1.62. The van der Waals surface area contributed by atoms with Crippen molar-refractivity contribution in [3.63, 3.8) is 0 Å². The number of Topliss-reactive ketones (excluding diaryl/α,β-unsaturated/α-hetero) is 1. The number of hydrogen-bond donors (Lipinski definition) is 0. The van der Waals surface area contributed by atoms with Gasteiger partial charge in [-0.1, -0.05) is 12.1 Å². The lowest BCUT2D eigenvalue weighted by molar-refractivity contribution is 0.0993. The standard InChI is InChI=1S/C17H18O3/c1-3-20-15-9-7-14(8-10-15)17(18)12-13-5-4-6-16(11-13)19-2/h4-11H,3,12H2,1-2H3. The zero-order chi connectivity index (χ0) is 14.4. The molecule has 3 nitrogen and oxygen atoms in total. The Balaban J connectivity index is 2.07. The maximum absolute atomic E-state index is 12.2. The lowest BCUT2D eigenvalue weighted by Crippen LogP contribution is -2.03. The third kappa shape index (κ3) is 3.60. The number of methoxy groups -OCH3 is 1. The number of ketones is 1. The number of carbonyl (C=O) groups is 1. The van der Waals surface area contributed by atoms with Crippen molar-refractivity contribution in [2.75, 3.05) is 13.7 Å². The van der Waals surface area contributed by atoms with E-state index in [2.05, 4.69) is 0 Å². The maximum atomic E-state index is 12.2. The highest BCUT2D eigenvalue weighted by Gasteiger charge is 2.08. The fraction of sp³-hybridized carbons (Fsp3) is 0.235. The molecule has 104 valence electrons. The molecule has 2 aromatic rings. The van der Waals surface area contributed by atoms with Gasteiger partial charge in [-0.3, -0.25) is 4.79 Å². The van der Waals surface area contributed by atoms with Crippen LogP contribution in [0.1, 0.15) is 22.8 Å². The van der Waals surface area contributed by atoms with E-state index in [0.29, 0.717) is 18.6 Å². The average Bonchev–Trinajstić information content (AvgIpc) is 2.48. The zero-order valence-electron chi connectivity index (χ0n) is 11.8. The Morgan fingerprint density at radius 3 is 2.45 bits per heavy atom. The van der Waals surface area contributed by atoms with Crippen molar-refractivity contribution in [3.05, 3.63) is 59.7 Å². The minimum Gasteiger partial charge on any atom is -0.497 e. The van der Waals surface area contributed by atoms with Crippen LogP contribution in [0.3, 0.4) is 0 Å². The Bertz CT molecular complexity index is 573. The van der Waals surface area contributed by atoms with Crippen LogP contribution in [0, 0.1) is 0 Å². The fourth-order valence-electron chi connectivity index (χ4n) is 1.97. The molecule has 2 rings (SSSR count). The van der Waals surface area contributed by atoms with Crippen molar-refractivity contribution in [2.45, 2.75) is 13.3 Å². The molecule has 0 N–H and O–H groups in total. The van der Waals surface area contributed by atoms with Gasteiger partial charge >= 0.3 is 0 Å². The first-order valence-corrected chi connectivity index (χ1v) is 6.62. The predicted molar refractivity (Wildman–Crippen MR) is 78.6 cm³/mol. The summed E-state index contributed by atoms with van der Waals surface area (Å²) < 4.78 is 10.5. The number of hydrogen-bond acceptors (Lipinski definition) is 3. The Hall–Kier alpha value is -2.29. The minimum atomic E-state index is 0.0845. The smallest absolute Gasteiger partial charge is 0.167 e. The van der Waals surface area contributed by atoms with Crippen molar-refractivity contribution in [1.82, 2.24) is 0 Å². The minimum absolute atomic E-state index is 0.0845. The number of carbonyl (C=O) groups excluding carboxylic acids is 1. The molecule has 0 aliphatic carbocycles. The Kier molecular flexibility index (Phi) is 4.77. The molecule has 0 fully saturated rings. The largest absolute Gasteiger partial charge is 0.497 e. The second kappa shape index (κ2) is 6.75. The van der Waals surface area contributed by atoms with Gasteiger partial charge < -0.3 is 9.47 Å². The molecule has 3 heteroatoms. The van der Waals surface area contributed by atoms with Gasteiger partial charge in [0.1, 0.15) is 11.5 Å². The van der Waals surface area contributed by atoms with Gasteiger partial charge in [0.15, 0.2) is 5.78 Å². The second-order valence-corrected chi connectivity index (χ2v) is 4.41. The molecule has 0 saturated heterocycles. The lowest BCUT2D eigenvalue weighted by atomic mass is 10.0. The third-order valence-corrected chi connectivity index (χ3v) is 2.99. The maximum Gasteiger partial charge on any atom is 0.167 e. The molecule has 0 atom stereocenters. The van der Waals surface area contributed by atoms with Gasteiger partial charge in [0.2, 0.25) is 0 Å². The van der Waals surface area contributed by atoms with Crippen LogP contribution >= 0.6 is 0 Å². The van der Waals surface area contributed by atoms with Crippen molar-refractivity contribution < 1.29 is 14.3 Å². The number of rotatable bonds is 6. The van der Waals surface area contributed by atoms with Crippen LogP contribution in [0.4, 0.5) is 0 Å². The van der Waals surface area contributed by atoms with E-state index in [9.17, 15) is 4.79 Å². The third-order valence-electron chi connectivity index (χ3n) is 2.99. The van der Waals surface area contributed by atoms with Crippen molar-refractivity contribution in [2.24, 2.45) is 0 Å². The van der Waals surface area contributed by atoms with Gasteiger partial charge in [0.05, 0.1) is 13.7 Å². The first kappa shape index (κ1) is 14.1. The molecule has 0 radical (unpaired) electrons. The SMILES string of the molecule is CCOc1ccc(C(=O)Cc2cccc(OC)c2)cc1. The summed E-state index contributed by atoms with van der Waals surface area (Å²) in [5.74, 6) is 1.63. The van der Waals surface area contributed by atoms with Crippen LogP contribution < -0.4 is 9.47 Å². The van der Waals surface area contributed by atoms with E-state index in [1.54, 1.807) is 19.2 Å². The van der Waals surface area contributed by atoms with Gasteiger partial charge in [0, 0.05) is 12.0 Å². The van der Waals surface area contributed by atoms with Gasteiger partial charge in [0.25, 0.3) is 0 Å². The molecule has 0 amide bonds. The summed E-state index contributed by atoms with van der Waals surface area (Å²) in [6.07, 6.45) is 0.366. The first-order chi connectivity index (χ1) is 9.72. The summed E-state index contributed by atoms with van der Waals surface area (Å²) in [5.41, 5.74) is 1.64. The molecular formula is C17H18O3. The van der Waals surface area contributed by atoms with Gasteiger partial charge in [-0.15, -0.1) is 0 Å². The number of benzene rings is 2. The summed E-state index contributed by atoms with van der Waals surface area (Å²) >= 11 is 0. The van der Waals surface area contributed by atoms with Crippen LogP contribution in [-0.2, 0) is 6.42 Å². The molecule has 0 spiro atoms. The predicted octanol–water partition coefficient (Wildman–Crippen LogP) is 3.52. The van der Waals surface area contributed by atoms with Crippen molar-refractivity contribution in [3.8, 4) is 11.5 Å². The molecule has 0 unspecified atom stereocenters. The van der Waals surface area contributed by atoms with E-state index in [4.69, 9.17) is 9.47 Å². The molecule has 0 aliphatic heterocycles. The molecule has 0 aliphatic rings. The van der Waals surface area contributed by atoms with Crippen molar-refractivity contribution >= 4 is 5.78 Å².